The third-order valence-corrected chi connectivity index (χ3v) is 3.81. The normalized spacial score (nSPS) is 12.7. The molecule has 0 aliphatic heterocycles. The Kier molecular flexibility index (Phi) is 4.88. The summed E-state index contributed by atoms with van der Waals surface area (Å²) in [6.07, 6.45) is 2.26. The Bertz CT molecular complexity index is 273. The molecule has 0 saturated carbocycles. The number of thioether (sulfide) groups is 1. The van der Waals surface area contributed by atoms with Gasteiger partial charge in [-0.3, -0.25) is 0 Å². The molecule has 1 aromatic rings. The summed E-state index contributed by atoms with van der Waals surface area (Å²) in [4.78, 5) is 0. The molecule has 1 unspecified atom stereocenters. The minimum absolute atomic E-state index is 0.433. The summed E-state index contributed by atoms with van der Waals surface area (Å²) in [5.74, 6) is 1.59. The van der Waals surface area contributed by atoms with Gasteiger partial charge in [-0.25, -0.2) is 0 Å². The smallest absolute Gasteiger partial charge is 0.119 e. The number of phenols is 1. The molecule has 0 bridgehead atoms. The molecule has 0 radical (unpaired) electrons. The SMILES string of the molecule is CCCSC(CC)c1ccccc1O. The van der Waals surface area contributed by atoms with Crippen molar-refractivity contribution in [3.8, 4) is 5.75 Å². The molecule has 2 heteroatoms. The molecule has 0 spiro atoms. The number of aromatic hydroxyl groups is 1. The number of rotatable bonds is 5. The van der Waals surface area contributed by atoms with E-state index in [1.54, 1.807) is 6.07 Å². The zero-order chi connectivity index (χ0) is 10.4. The van der Waals surface area contributed by atoms with Gasteiger partial charge in [-0.1, -0.05) is 32.0 Å². The molecule has 1 aromatic carbocycles. The molecule has 0 fully saturated rings. The molecule has 0 heterocycles. The second kappa shape index (κ2) is 5.97. The number of benzene rings is 1. The van der Waals surface area contributed by atoms with Crippen molar-refractivity contribution >= 4 is 11.8 Å². The van der Waals surface area contributed by atoms with Crippen molar-refractivity contribution in [2.24, 2.45) is 0 Å². The zero-order valence-corrected chi connectivity index (χ0v) is 9.68. The van der Waals surface area contributed by atoms with Gasteiger partial charge in [0.15, 0.2) is 0 Å². The Morgan fingerprint density at radius 2 is 2.00 bits per heavy atom. The van der Waals surface area contributed by atoms with E-state index in [0.717, 1.165) is 17.7 Å². The van der Waals surface area contributed by atoms with Crippen molar-refractivity contribution in [1.82, 2.24) is 0 Å². The van der Waals surface area contributed by atoms with Crippen LogP contribution in [0.4, 0.5) is 0 Å². The van der Waals surface area contributed by atoms with Gasteiger partial charge >= 0.3 is 0 Å². The van der Waals surface area contributed by atoms with Crippen LogP contribution in [0, 0.1) is 0 Å². The lowest BCUT2D eigenvalue weighted by Crippen LogP contribution is -1.94. The van der Waals surface area contributed by atoms with E-state index in [1.807, 2.05) is 30.0 Å². The van der Waals surface area contributed by atoms with E-state index in [0.29, 0.717) is 11.0 Å². The fourth-order valence-electron chi connectivity index (χ4n) is 1.45. The van der Waals surface area contributed by atoms with Crippen LogP contribution in [-0.4, -0.2) is 10.9 Å². The summed E-state index contributed by atoms with van der Waals surface area (Å²) >= 11 is 1.93. The molecule has 1 atom stereocenters. The van der Waals surface area contributed by atoms with Gasteiger partial charge in [0.25, 0.3) is 0 Å². The summed E-state index contributed by atoms with van der Waals surface area (Å²) in [7, 11) is 0. The molecule has 0 aromatic heterocycles. The average molecular weight is 210 g/mol. The van der Waals surface area contributed by atoms with E-state index in [1.165, 1.54) is 6.42 Å². The lowest BCUT2D eigenvalue weighted by atomic mass is 10.1. The second-order valence-corrected chi connectivity index (χ2v) is 4.64. The highest BCUT2D eigenvalue weighted by Crippen LogP contribution is 2.36. The van der Waals surface area contributed by atoms with Crippen LogP contribution >= 0.6 is 11.8 Å². The number of phenolic OH excluding ortho intramolecular Hbond substituents is 1. The zero-order valence-electron chi connectivity index (χ0n) is 8.86. The molecule has 0 aliphatic rings. The van der Waals surface area contributed by atoms with E-state index >= 15 is 0 Å². The lowest BCUT2D eigenvalue weighted by Gasteiger charge is -2.15. The molecule has 1 N–H and O–H groups in total. The third kappa shape index (κ3) is 2.95. The Morgan fingerprint density at radius 3 is 2.57 bits per heavy atom. The molecule has 1 rings (SSSR count). The molecule has 14 heavy (non-hydrogen) atoms. The Labute approximate surface area is 90.5 Å². The van der Waals surface area contributed by atoms with E-state index in [-0.39, 0.29) is 0 Å². The maximum absolute atomic E-state index is 9.70. The second-order valence-electron chi connectivity index (χ2n) is 3.33. The van der Waals surface area contributed by atoms with Gasteiger partial charge < -0.3 is 5.11 Å². The van der Waals surface area contributed by atoms with Crippen LogP contribution in [0.2, 0.25) is 0 Å². The van der Waals surface area contributed by atoms with Gasteiger partial charge in [-0.2, -0.15) is 11.8 Å². The lowest BCUT2D eigenvalue weighted by molar-refractivity contribution is 0.467. The van der Waals surface area contributed by atoms with Crippen molar-refractivity contribution in [2.45, 2.75) is 31.9 Å². The van der Waals surface area contributed by atoms with Crippen LogP contribution in [0.5, 0.6) is 5.75 Å². The largest absolute Gasteiger partial charge is 0.508 e. The van der Waals surface area contributed by atoms with Gasteiger partial charge in [0.2, 0.25) is 0 Å². The standard InChI is InChI=1S/C12H18OS/c1-3-9-14-12(4-2)10-7-5-6-8-11(10)13/h5-8,12-13H,3-4,9H2,1-2H3. The molecule has 0 aliphatic carbocycles. The predicted molar refractivity (Wildman–Crippen MR) is 63.9 cm³/mol. The maximum Gasteiger partial charge on any atom is 0.119 e. The minimum atomic E-state index is 0.433. The third-order valence-electron chi connectivity index (χ3n) is 2.18. The van der Waals surface area contributed by atoms with Crippen molar-refractivity contribution in [3.05, 3.63) is 29.8 Å². The van der Waals surface area contributed by atoms with Crippen molar-refractivity contribution in [2.75, 3.05) is 5.75 Å². The Balaban J connectivity index is 2.73. The van der Waals surface area contributed by atoms with Gasteiger partial charge in [-0.15, -0.1) is 0 Å². The number of hydrogen-bond acceptors (Lipinski definition) is 2. The first-order valence-corrected chi connectivity index (χ1v) is 6.24. The van der Waals surface area contributed by atoms with Gasteiger partial charge in [-0.05, 0) is 24.7 Å². The van der Waals surface area contributed by atoms with E-state index < -0.39 is 0 Å². The maximum atomic E-state index is 9.70. The highest BCUT2D eigenvalue weighted by Gasteiger charge is 2.12. The van der Waals surface area contributed by atoms with Crippen LogP contribution < -0.4 is 0 Å². The molecule has 78 valence electrons. The van der Waals surface area contributed by atoms with Crippen LogP contribution in [-0.2, 0) is 0 Å². The first-order chi connectivity index (χ1) is 6.79. The van der Waals surface area contributed by atoms with Crippen LogP contribution in [0.15, 0.2) is 24.3 Å². The van der Waals surface area contributed by atoms with Crippen molar-refractivity contribution in [1.29, 1.82) is 0 Å². The Morgan fingerprint density at radius 1 is 1.29 bits per heavy atom. The highest BCUT2D eigenvalue weighted by atomic mass is 32.2. The minimum Gasteiger partial charge on any atom is -0.508 e. The van der Waals surface area contributed by atoms with Gasteiger partial charge in [0.1, 0.15) is 5.75 Å². The van der Waals surface area contributed by atoms with Crippen LogP contribution in [0.1, 0.15) is 37.5 Å². The van der Waals surface area contributed by atoms with Gasteiger partial charge in [0, 0.05) is 10.8 Å². The summed E-state index contributed by atoms with van der Waals surface area (Å²) in [6, 6.07) is 7.65. The summed E-state index contributed by atoms with van der Waals surface area (Å²) in [5.41, 5.74) is 1.08. The number of para-hydroxylation sites is 1. The number of hydrogen-bond donors (Lipinski definition) is 1. The average Bonchev–Trinajstić information content (AvgIpc) is 2.21. The topological polar surface area (TPSA) is 20.2 Å². The summed E-state index contributed by atoms with van der Waals surface area (Å²) < 4.78 is 0. The quantitative estimate of drug-likeness (QED) is 0.793. The summed E-state index contributed by atoms with van der Waals surface area (Å²) in [6.45, 7) is 4.35. The predicted octanol–water partition coefficient (Wildman–Crippen LogP) is 3.99. The van der Waals surface area contributed by atoms with Gasteiger partial charge in [0.05, 0.1) is 0 Å². The van der Waals surface area contributed by atoms with E-state index in [9.17, 15) is 5.11 Å². The highest BCUT2D eigenvalue weighted by molar-refractivity contribution is 7.99. The van der Waals surface area contributed by atoms with Crippen molar-refractivity contribution < 1.29 is 5.11 Å². The van der Waals surface area contributed by atoms with Crippen LogP contribution in [0.25, 0.3) is 0 Å². The fourth-order valence-corrected chi connectivity index (χ4v) is 2.58. The fraction of sp³-hybridized carbons (Fsp3) is 0.500. The summed E-state index contributed by atoms with van der Waals surface area (Å²) in [5, 5.41) is 10.1. The Hall–Kier alpha value is -0.630. The first-order valence-electron chi connectivity index (χ1n) is 5.19. The molecular formula is C12H18OS. The first kappa shape index (κ1) is 11.4. The van der Waals surface area contributed by atoms with Crippen LogP contribution in [0.3, 0.4) is 0 Å². The molecule has 0 saturated heterocycles. The van der Waals surface area contributed by atoms with E-state index in [2.05, 4.69) is 13.8 Å². The molecular weight excluding hydrogens is 192 g/mol. The molecule has 0 amide bonds. The van der Waals surface area contributed by atoms with Crippen molar-refractivity contribution in [3.63, 3.8) is 0 Å². The molecule has 1 nitrogen and oxygen atoms in total. The monoisotopic (exact) mass is 210 g/mol. The van der Waals surface area contributed by atoms with E-state index in [4.69, 9.17) is 0 Å².